The smallest absolute Gasteiger partial charge is 0.318 e. The van der Waals surface area contributed by atoms with Crippen LogP contribution in [0.4, 0.5) is 0 Å². The molecule has 1 heterocycles. The molecular formula is C25H33NO5. The van der Waals surface area contributed by atoms with Crippen LogP contribution in [0, 0.1) is 5.92 Å². The number of esters is 1. The molecule has 6 heteroatoms. The second-order valence-electron chi connectivity index (χ2n) is 9.12. The van der Waals surface area contributed by atoms with Gasteiger partial charge >= 0.3 is 5.97 Å². The third kappa shape index (κ3) is 5.13. The molecule has 3 aliphatic rings. The Hall–Kier alpha value is -2.31. The van der Waals surface area contributed by atoms with Gasteiger partial charge < -0.3 is 24.2 Å². The molecule has 168 valence electrons. The minimum atomic E-state index is -0.679. The van der Waals surface area contributed by atoms with Gasteiger partial charge in [-0.15, -0.1) is 0 Å². The Morgan fingerprint density at radius 3 is 2.58 bits per heavy atom. The summed E-state index contributed by atoms with van der Waals surface area (Å²) in [5.41, 5.74) is 0.402. The SMILES string of the molecule is CN(C)CC(c1ccc(OC(=O)C2C=CC3=C(C2)OCCO3)cc1)C1(O)CCCCC1. The summed E-state index contributed by atoms with van der Waals surface area (Å²) >= 11 is 0. The Kier molecular flexibility index (Phi) is 6.68. The first-order valence-corrected chi connectivity index (χ1v) is 11.3. The monoisotopic (exact) mass is 427 g/mol. The Bertz CT molecular complexity index is 836. The molecule has 4 rings (SSSR count). The average Bonchev–Trinajstić information content (AvgIpc) is 2.78. The van der Waals surface area contributed by atoms with Crippen molar-refractivity contribution in [3.63, 3.8) is 0 Å². The highest BCUT2D eigenvalue weighted by Crippen LogP contribution is 2.40. The maximum atomic E-state index is 12.7. The van der Waals surface area contributed by atoms with Crippen LogP contribution in [-0.4, -0.2) is 55.4 Å². The topological polar surface area (TPSA) is 68.2 Å². The molecule has 31 heavy (non-hydrogen) atoms. The van der Waals surface area contributed by atoms with Crippen LogP contribution in [0.5, 0.6) is 5.75 Å². The van der Waals surface area contributed by atoms with E-state index in [1.54, 1.807) is 6.08 Å². The maximum Gasteiger partial charge on any atom is 0.318 e. The van der Waals surface area contributed by atoms with Gasteiger partial charge in [0.1, 0.15) is 24.7 Å². The molecule has 0 amide bonds. The summed E-state index contributed by atoms with van der Waals surface area (Å²) < 4.78 is 16.8. The van der Waals surface area contributed by atoms with Crippen molar-refractivity contribution in [2.24, 2.45) is 5.92 Å². The molecule has 6 nitrogen and oxygen atoms in total. The summed E-state index contributed by atoms with van der Waals surface area (Å²) in [6.45, 7) is 1.83. The van der Waals surface area contributed by atoms with Gasteiger partial charge in [-0.25, -0.2) is 0 Å². The first-order chi connectivity index (χ1) is 14.9. The van der Waals surface area contributed by atoms with Crippen LogP contribution >= 0.6 is 0 Å². The van der Waals surface area contributed by atoms with E-state index in [9.17, 15) is 9.90 Å². The molecule has 2 aliphatic carbocycles. The Morgan fingerprint density at radius 1 is 1.16 bits per heavy atom. The number of carbonyl (C=O) groups is 1. The Labute approximate surface area is 184 Å². The maximum absolute atomic E-state index is 12.7. The number of likely N-dealkylation sites (N-methyl/N-ethyl adjacent to an activating group) is 1. The van der Waals surface area contributed by atoms with E-state index >= 15 is 0 Å². The summed E-state index contributed by atoms with van der Waals surface area (Å²) in [5, 5.41) is 11.4. The summed E-state index contributed by atoms with van der Waals surface area (Å²) in [6, 6.07) is 7.64. The Balaban J connectivity index is 1.42. The Morgan fingerprint density at radius 2 is 1.87 bits per heavy atom. The van der Waals surface area contributed by atoms with Crippen LogP contribution < -0.4 is 4.74 Å². The van der Waals surface area contributed by atoms with E-state index in [-0.39, 0.29) is 17.8 Å². The van der Waals surface area contributed by atoms with Gasteiger partial charge in [-0.3, -0.25) is 4.79 Å². The van der Waals surface area contributed by atoms with Crippen LogP contribution in [-0.2, 0) is 14.3 Å². The fraction of sp³-hybridized carbons (Fsp3) is 0.560. The largest absolute Gasteiger partial charge is 0.490 e. The number of carbonyl (C=O) groups excluding carboxylic acids is 1. The van der Waals surface area contributed by atoms with E-state index in [0.29, 0.717) is 31.1 Å². The fourth-order valence-corrected chi connectivity index (χ4v) is 4.83. The molecule has 1 aromatic carbocycles. The molecule has 2 unspecified atom stereocenters. The zero-order valence-corrected chi connectivity index (χ0v) is 18.5. The van der Waals surface area contributed by atoms with Gasteiger partial charge in [0.2, 0.25) is 0 Å². The zero-order valence-electron chi connectivity index (χ0n) is 18.5. The van der Waals surface area contributed by atoms with Gasteiger partial charge in [0, 0.05) is 18.9 Å². The lowest BCUT2D eigenvalue weighted by atomic mass is 9.72. The second-order valence-corrected chi connectivity index (χ2v) is 9.12. The molecular weight excluding hydrogens is 394 g/mol. The van der Waals surface area contributed by atoms with Gasteiger partial charge in [0.25, 0.3) is 0 Å². The second kappa shape index (κ2) is 9.45. The van der Waals surface area contributed by atoms with E-state index in [2.05, 4.69) is 4.90 Å². The number of aliphatic hydroxyl groups is 1. The van der Waals surface area contributed by atoms with Crippen molar-refractivity contribution in [3.05, 3.63) is 53.5 Å². The summed E-state index contributed by atoms with van der Waals surface area (Å²) in [4.78, 5) is 14.8. The van der Waals surface area contributed by atoms with Gasteiger partial charge in [-0.05, 0) is 50.7 Å². The molecule has 0 spiro atoms. The average molecular weight is 428 g/mol. The number of ether oxygens (including phenoxy) is 3. The predicted molar refractivity (Wildman–Crippen MR) is 118 cm³/mol. The zero-order chi connectivity index (χ0) is 21.8. The molecule has 1 fully saturated rings. The first kappa shape index (κ1) is 21.9. The van der Waals surface area contributed by atoms with Crippen molar-refractivity contribution in [2.75, 3.05) is 33.9 Å². The number of hydrogen-bond acceptors (Lipinski definition) is 6. The molecule has 0 saturated heterocycles. The lowest BCUT2D eigenvalue weighted by Crippen LogP contribution is -2.42. The van der Waals surface area contributed by atoms with Gasteiger partial charge in [0.05, 0.1) is 11.5 Å². The molecule has 2 atom stereocenters. The summed E-state index contributed by atoms with van der Waals surface area (Å²) in [6.07, 6.45) is 9.06. The molecule has 1 aliphatic heterocycles. The van der Waals surface area contributed by atoms with E-state index < -0.39 is 5.60 Å². The minimum absolute atomic E-state index is 0.0302. The highest BCUT2D eigenvalue weighted by Gasteiger charge is 2.39. The van der Waals surface area contributed by atoms with Crippen LogP contribution in [0.2, 0.25) is 0 Å². The fourth-order valence-electron chi connectivity index (χ4n) is 4.83. The van der Waals surface area contributed by atoms with Crippen LogP contribution in [0.15, 0.2) is 47.9 Å². The third-order valence-corrected chi connectivity index (χ3v) is 6.50. The van der Waals surface area contributed by atoms with Crippen molar-refractivity contribution < 1.29 is 24.1 Å². The number of hydrogen-bond donors (Lipinski definition) is 1. The van der Waals surface area contributed by atoms with Crippen molar-refractivity contribution in [1.82, 2.24) is 4.90 Å². The highest BCUT2D eigenvalue weighted by molar-refractivity contribution is 5.77. The number of allylic oxidation sites excluding steroid dienone is 2. The van der Waals surface area contributed by atoms with Crippen molar-refractivity contribution in [3.8, 4) is 5.75 Å². The number of nitrogens with zero attached hydrogens (tertiary/aromatic N) is 1. The molecule has 0 aromatic heterocycles. The minimum Gasteiger partial charge on any atom is -0.490 e. The van der Waals surface area contributed by atoms with E-state index in [1.165, 1.54) is 6.42 Å². The molecule has 1 saturated carbocycles. The lowest BCUT2D eigenvalue weighted by Gasteiger charge is -2.40. The van der Waals surface area contributed by atoms with Crippen LogP contribution in [0.25, 0.3) is 0 Å². The number of rotatable bonds is 6. The van der Waals surface area contributed by atoms with Gasteiger partial charge in [0.15, 0.2) is 5.76 Å². The molecule has 0 radical (unpaired) electrons. The number of benzene rings is 1. The molecule has 1 N–H and O–H groups in total. The van der Waals surface area contributed by atoms with Gasteiger partial charge in [-0.1, -0.05) is 37.5 Å². The summed E-state index contributed by atoms with van der Waals surface area (Å²) in [5.74, 6) is 1.29. The van der Waals surface area contributed by atoms with E-state index in [1.807, 2.05) is 44.4 Å². The molecule has 1 aromatic rings. The van der Waals surface area contributed by atoms with Crippen LogP contribution in [0.3, 0.4) is 0 Å². The van der Waals surface area contributed by atoms with Crippen molar-refractivity contribution in [2.45, 2.75) is 50.0 Å². The normalized spacial score (nSPS) is 23.5. The van der Waals surface area contributed by atoms with Crippen molar-refractivity contribution in [1.29, 1.82) is 0 Å². The summed E-state index contributed by atoms with van der Waals surface area (Å²) in [7, 11) is 4.07. The predicted octanol–water partition coefficient (Wildman–Crippen LogP) is 3.77. The standard InChI is InChI=1S/C25H33NO5/c1-26(2)17-21(25(28)12-4-3-5-13-25)18-6-9-20(10-7-18)31-24(27)19-8-11-22-23(16-19)30-15-14-29-22/h6-11,19,21,28H,3-5,12-17H2,1-2H3. The highest BCUT2D eigenvalue weighted by atomic mass is 16.6. The van der Waals surface area contributed by atoms with E-state index in [4.69, 9.17) is 14.2 Å². The quantitative estimate of drug-likeness (QED) is 0.551. The van der Waals surface area contributed by atoms with Gasteiger partial charge in [-0.2, -0.15) is 0 Å². The first-order valence-electron chi connectivity index (χ1n) is 11.3. The third-order valence-electron chi connectivity index (χ3n) is 6.50. The molecule has 0 bridgehead atoms. The lowest BCUT2D eigenvalue weighted by molar-refractivity contribution is -0.137. The van der Waals surface area contributed by atoms with Crippen molar-refractivity contribution >= 4 is 5.97 Å². The van der Waals surface area contributed by atoms with E-state index in [0.717, 1.165) is 43.6 Å². The van der Waals surface area contributed by atoms with Crippen LogP contribution in [0.1, 0.15) is 50.0 Å².